The zero-order chi connectivity index (χ0) is 24.4. The molecular formula is C24H20F4N4O2. The lowest BCUT2D eigenvalue weighted by molar-refractivity contribution is 0.0780. The molecule has 34 heavy (non-hydrogen) atoms. The molecule has 0 spiro atoms. The van der Waals surface area contributed by atoms with Crippen LogP contribution in [-0.4, -0.2) is 39.6 Å². The number of rotatable bonds is 7. The summed E-state index contributed by atoms with van der Waals surface area (Å²) < 4.78 is 61.4. The van der Waals surface area contributed by atoms with Gasteiger partial charge in [-0.3, -0.25) is 14.9 Å². The molecule has 0 saturated heterocycles. The Morgan fingerprint density at radius 3 is 2.53 bits per heavy atom. The van der Waals surface area contributed by atoms with E-state index in [1.54, 1.807) is 6.92 Å². The predicted octanol–water partition coefficient (Wildman–Crippen LogP) is 5.18. The molecule has 0 bridgehead atoms. The van der Waals surface area contributed by atoms with Crippen molar-refractivity contribution in [2.45, 2.75) is 20.1 Å². The topological polar surface area (TPSA) is 71.1 Å². The van der Waals surface area contributed by atoms with Crippen LogP contribution in [0.3, 0.4) is 0 Å². The summed E-state index contributed by atoms with van der Waals surface area (Å²) >= 11 is 0. The standard InChI is InChI=1S/C24H20F4N4O2/c1-3-34-23-17(13-6-15(26)8-16(27)7-13)4-5-18(21(23)28)24(33)32(2)12-14-10-29-20(9-25)19-11-30-31-22(14)19/h4-8,10-11H,3,9,12H2,1-2H3,(H,30,31). The number of carbonyl (C=O) groups is 1. The monoisotopic (exact) mass is 472 g/mol. The first-order valence-electron chi connectivity index (χ1n) is 10.4. The number of alkyl halides is 1. The Hall–Kier alpha value is -3.95. The molecule has 6 nitrogen and oxygen atoms in total. The van der Waals surface area contributed by atoms with Crippen molar-refractivity contribution in [2.75, 3.05) is 13.7 Å². The highest BCUT2D eigenvalue weighted by Gasteiger charge is 2.24. The van der Waals surface area contributed by atoms with Gasteiger partial charge in [-0.05, 0) is 36.8 Å². The maximum atomic E-state index is 15.4. The zero-order valence-electron chi connectivity index (χ0n) is 18.3. The van der Waals surface area contributed by atoms with Crippen molar-refractivity contribution in [1.29, 1.82) is 0 Å². The van der Waals surface area contributed by atoms with Gasteiger partial charge in [0.05, 0.1) is 29.6 Å². The van der Waals surface area contributed by atoms with Gasteiger partial charge in [-0.25, -0.2) is 17.6 Å². The third-order valence-corrected chi connectivity index (χ3v) is 5.32. The average molecular weight is 472 g/mol. The number of nitrogens with zero attached hydrogens (tertiary/aromatic N) is 3. The molecule has 0 aliphatic heterocycles. The van der Waals surface area contributed by atoms with Gasteiger partial charge in [0.25, 0.3) is 5.91 Å². The van der Waals surface area contributed by atoms with E-state index in [9.17, 15) is 18.0 Å². The van der Waals surface area contributed by atoms with Gasteiger partial charge < -0.3 is 9.64 Å². The van der Waals surface area contributed by atoms with Crippen LogP contribution >= 0.6 is 0 Å². The molecule has 176 valence electrons. The number of halogens is 4. The molecule has 1 N–H and O–H groups in total. The summed E-state index contributed by atoms with van der Waals surface area (Å²) in [4.78, 5) is 18.4. The normalized spacial score (nSPS) is 11.1. The summed E-state index contributed by atoms with van der Waals surface area (Å²) in [5, 5.41) is 7.18. The SMILES string of the molecule is CCOc1c(-c2cc(F)cc(F)c2)ccc(C(=O)N(C)Cc2cnc(CF)c3cn[nH]c23)c1F. The van der Waals surface area contributed by atoms with E-state index in [0.29, 0.717) is 22.5 Å². The van der Waals surface area contributed by atoms with Crippen LogP contribution in [0.5, 0.6) is 5.75 Å². The third-order valence-electron chi connectivity index (χ3n) is 5.32. The minimum Gasteiger partial charge on any atom is -0.490 e. The Kier molecular flexibility index (Phi) is 6.49. The molecular weight excluding hydrogens is 452 g/mol. The summed E-state index contributed by atoms with van der Waals surface area (Å²) in [6.07, 6.45) is 2.88. The van der Waals surface area contributed by atoms with Crippen molar-refractivity contribution in [3.8, 4) is 16.9 Å². The van der Waals surface area contributed by atoms with Gasteiger partial charge in [0, 0.05) is 42.4 Å². The third kappa shape index (κ3) is 4.30. The van der Waals surface area contributed by atoms with E-state index in [1.807, 2.05) is 0 Å². The Labute approximate surface area is 192 Å². The van der Waals surface area contributed by atoms with Crippen LogP contribution in [0.2, 0.25) is 0 Å². The number of hydrogen-bond donors (Lipinski definition) is 1. The summed E-state index contributed by atoms with van der Waals surface area (Å²) in [6, 6.07) is 5.44. The number of hydrogen-bond acceptors (Lipinski definition) is 4. The number of aromatic nitrogens is 3. The number of aromatic amines is 1. The first-order valence-corrected chi connectivity index (χ1v) is 10.4. The van der Waals surface area contributed by atoms with Gasteiger partial charge in [0.15, 0.2) is 11.6 Å². The fraction of sp³-hybridized carbons (Fsp3) is 0.208. The highest BCUT2D eigenvalue weighted by atomic mass is 19.1. The predicted molar refractivity (Wildman–Crippen MR) is 117 cm³/mol. The number of fused-ring (bicyclic) bond motifs is 1. The quantitative estimate of drug-likeness (QED) is 0.376. The van der Waals surface area contributed by atoms with Crippen LogP contribution in [0.15, 0.2) is 42.7 Å². The van der Waals surface area contributed by atoms with E-state index in [0.717, 1.165) is 12.1 Å². The van der Waals surface area contributed by atoms with Crippen LogP contribution < -0.4 is 4.74 Å². The van der Waals surface area contributed by atoms with Gasteiger partial charge in [-0.1, -0.05) is 0 Å². The fourth-order valence-corrected chi connectivity index (χ4v) is 3.74. The Morgan fingerprint density at radius 2 is 1.85 bits per heavy atom. The molecule has 1 amide bonds. The lowest BCUT2D eigenvalue weighted by atomic mass is 10.0. The molecule has 4 aromatic rings. The fourth-order valence-electron chi connectivity index (χ4n) is 3.74. The second-order valence-corrected chi connectivity index (χ2v) is 7.58. The summed E-state index contributed by atoms with van der Waals surface area (Å²) in [5.41, 5.74) is 1.23. The van der Waals surface area contributed by atoms with Gasteiger partial charge in [0.1, 0.15) is 18.3 Å². The lowest BCUT2D eigenvalue weighted by Crippen LogP contribution is -2.27. The molecule has 0 aliphatic carbocycles. The van der Waals surface area contributed by atoms with E-state index in [-0.39, 0.29) is 41.3 Å². The second-order valence-electron chi connectivity index (χ2n) is 7.58. The van der Waals surface area contributed by atoms with Crippen LogP contribution in [0.25, 0.3) is 22.0 Å². The van der Waals surface area contributed by atoms with Crippen molar-refractivity contribution >= 4 is 16.8 Å². The number of pyridine rings is 1. The molecule has 0 atom stereocenters. The summed E-state index contributed by atoms with van der Waals surface area (Å²) in [7, 11) is 1.48. The van der Waals surface area contributed by atoms with Gasteiger partial charge in [0.2, 0.25) is 0 Å². The molecule has 0 fully saturated rings. The van der Waals surface area contributed by atoms with Crippen LogP contribution in [0.1, 0.15) is 28.5 Å². The first-order chi connectivity index (χ1) is 16.3. The molecule has 2 heterocycles. The number of ether oxygens (including phenoxy) is 1. The molecule has 10 heteroatoms. The number of amides is 1. The molecule has 0 saturated carbocycles. The van der Waals surface area contributed by atoms with Gasteiger partial charge >= 0.3 is 0 Å². The molecule has 2 aromatic heterocycles. The van der Waals surface area contributed by atoms with Crippen molar-refractivity contribution in [2.24, 2.45) is 0 Å². The minimum absolute atomic E-state index is 0.0390. The Morgan fingerprint density at radius 1 is 1.12 bits per heavy atom. The van der Waals surface area contributed by atoms with Crippen LogP contribution in [0.4, 0.5) is 17.6 Å². The average Bonchev–Trinajstić information content (AvgIpc) is 3.30. The maximum Gasteiger partial charge on any atom is 0.257 e. The van der Waals surface area contributed by atoms with Crippen LogP contribution in [0, 0.1) is 17.5 Å². The van der Waals surface area contributed by atoms with Crippen LogP contribution in [-0.2, 0) is 13.2 Å². The van der Waals surface area contributed by atoms with Crippen molar-refractivity contribution in [3.05, 3.63) is 77.0 Å². The smallest absolute Gasteiger partial charge is 0.257 e. The lowest BCUT2D eigenvalue weighted by Gasteiger charge is -2.20. The highest BCUT2D eigenvalue weighted by molar-refractivity contribution is 5.96. The zero-order valence-corrected chi connectivity index (χ0v) is 18.3. The first kappa shape index (κ1) is 23.2. The molecule has 0 aliphatic rings. The number of nitrogens with one attached hydrogen (secondary N) is 1. The molecule has 0 radical (unpaired) electrons. The Balaban J connectivity index is 1.68. The second kappa shape index (κ2) is 9.50. The van der Waals surface area contributed by atoms with E-state index < -0.39 is 30.0 Å². The minimum atomic E-state index is -0.946. The highest BCUT2D eigenvalue weighted by Crippen LogP contribution is 2.35. The van der Waals surface area contributed by atoms with E-state index in [1.165, 1.54) is 36.5 Å². The largest absolute Gasteiger partial charge is 0.490 e. The molecule has 4 rings (SSSR count). The van der Waals surface area contributed by atoms with Crippen molar-refractivity contribution in [3.63, 3.8) is 0 Å². The number of carbonyl (C=O) groups excluding carboxylic acids is 1. The molecule has 2 aromatic carbocycles. The maximum absolute atomic E-state index is 15.4. The molecule has 0 unspecified atom stereocenters. The van der Waals surface area contributed by atoms with Crippen molar-refractivity contribution in [1.82, 2.24) is 20.1 Å². The Bertz CT molecular complexity index is 1350. The number of benzene rings is 2. The van der Waals surface area contributed by atoms with E-state index in [4.69, 9.17) is 4.74 Å². The van der Waals surface area contributed by atoms with Gasteiger partial charge in [-0.2, -0.15) is 5.10 Å². The van der Waals surface area contributed by atoms with E-state index >= 15 is 4.39 Å². The van der Waals surface area contributed by atoms with Gasteiger partial charge in [-0.15, -0.1) is 0 Å². The number of H-pyrrole nitrogens is 1. The summed E-state index contributed by atoms with van der Waals surface area (Å²) in [5.74, 6) is -3.53. The van der Waals surface area contributed by atoms with Crippen molar-refractivity contribution < 1.29 is 27.1 Å². The summed E-state index contributed by atoms with van der Waals surface area (Å²) in [6.45, 7) is 0.967. The van der Waals surface area contributed by atoms with E-state index in [2.05, 4.69) is 15.2 Å².